The van der Waals surface area contributed by atoms with E-state index in [1.54, 1.807) is 6.92 Å². The number of nitrogens with zero attached hydrogens (tertiary/aromatic N) is 4. The summed E-state index contributed by atoms with van der Waals surface area (Å²) in [6.07, 6.45) is 0. The molecule has 0 aliphatic carbocycles. The number of aliphatic hydroxyl groups is 1. The minimum atomic E-state index is -0.907. The molecule has 1 aromatic rings. The van der Waals surface area contributed by atoms with Crippen LogP contribution < -0.4 is 10.1 Å². The van der Waals surface area contributed by atoms with E-state index in [-0.39, 0.29) is 23.8 Å². The number of rotatable bonds is 6. The number of ether oxygens (including phenoxy) is 1. The van der Waals surface area contributed by atoms with E-state index >= 15 is 0 Å². The van der Waals surface area contributed by atoms with E-state index in [1.165, 1.54) is 7.11 Å². The van der Waals surface area contributed by atoms with Crippen molar-refractivity contribution in [3.8, 4) is 6.01 Å². The van der Waals surface area contributed by atoms with E-state index in [4.69, 9.17) is 16.3 Å². The summed E-state index contributed by atoms with van der Waals surface area (Å²) in [5.74, 6) is 0.269. The molecule has 0 radical (unpaired) electrons. The van der Waals surface area contributed by atoms with Gasteiger partial charge in [-0.1, -0.05) is 0 Å². The normalized spacial score (nSPS) is 14.4. The number of anilines is 1. The molecule has 0 aromatic carbocycles. The predicted octanol–water partition coefficient (Wildman–Crippen LogP) is 0.258. The third-order valence-electron chi connectivity index (χ3n) is 2.05. The van der Waals surface area contributed by atoms with Gasteiger partial charge in [-0.15, -0.1) is 0 Å². The molecular formula is C10H18ClN5O2. The second kappa shape index (κ2) is 6.12. The summed E-state index contributed by atoms with van der Waals surface area (Å²) in [7, 11) is 5.21. The van der Waals surface area contributed by atoms with Gasteiger partial charge in [0, 0.05) is 13.1 Å². The predicted molar refractivity (Wildman–Crippen MR) is 69.1 cm³/mol. The number of nitrogens with one attached hydrogen (secondary N) is 1. The molecule has 0 fully saturated rings. The Kier molecular flexibility index (Phi) is 5.06. The second-order valence-corrected chi connectivity index (χ2v) is 4.84. The van der Waals surface area contributed by atoms with Crippen LogP contribution in [0.15, 0.2) is 0 Å². The maximum atomic E-state index is 10.1. The largest absolute Gasteiger partial charge is 0.467 e. The minimum absolute atomic E-state index is 0.0385. The standard InChI is InChI=1S/C10H18ClN5O2/c1-10(17,6-16(2)3)5-12-8-13-7(11)14-9(15-8)18-4/h17H,5-6H2,1-4H3,(H,12,13,14,15). The molecule has 1 heterocycles. The van der Waals surface area contributed by atoms with Crippen LogP contribution in [-0.2, 0) is 0 Å². The van der Waals surface area contributed by atoms with Crippen molar-refractivity contribution in [2.24, 2.45) is 0 Å². The van der Waals surface area contributed by atoms with Gasteiger partial charge in [0.15, 0.2) is 0 Å². The molecule has 0 saturated heterocycles. The van der Waals surface area contributed by atoms with Crippen molar-refractivity contribution in [2.75, 3.05) is 39.6 Å². The van der Waals surface area contributed by atoms with Crippen molar-refractivity contribution >= 4 is 17.5 Å². The lowest BCUT2D eigenvalue weighted by atomic mass is 10.1. The molecule has 2 N–H and O–H groups in total. The summed E-state index contributed by atoms with van der Waals surface area (Å²) in [5, 5.41) is 13.0. The quantitative estimate of drug-likeness (QED) is 0.770. The zero-order valence-electron chi connectivity index (χ0n) is 10.9. The number of hydrogen-bond acceptors (Lipinski definition) is 7. The van der Waals surface area contributed by atoms with Crippen LogP contribution in [0.1, 0.15) is 6.92 Å². The van der Waals surface area contributed by atoms with Crippen LogP contribution in [0.25, 0.3) is 0 Å². The van der Waals surface area contributed by atoms with Crippen molar-refractivity contribution in [3.05, 3.63) is 5.28 Å². The van der Waals surface area contributed by atoms with E-state index in [0.717, 1.165) is 0 Å². The summed E-state index contributed by atoms with van der Waals surface area (Å²) < 4.78 is 4.87. The smallest absolute Gasteiger partial charge is 0.322 e. The summed E-state index contributed by atoms with van der Waals surface area (Å²) in [5.41, 5.74) is -0.907. The highest BCUT2D eigenvalue weighted by atomic mass is 35.5. The Labute approximate surface area is 111 Å². The van der Waals surface area contributed by atoms with Gasteiger partial charge >= 0.3 is 6.01 Å². The first-order valence-electron chi connectivity index (χ1n) is 5.39. The van der Waals surface area contributed by atoms with E-state index in [1.807, 2.05) is 19.0 Å². The van der Waals surface area contributed by atoms with Gasteiger partial charge in [-0.25, -0.2) is 0 Å². The second-order valence-electron chi connectivity index (χ2n) is 4.50. The molecular weight excluding hydrogens is 258 g/mol. The Morgan fingerprint density at radius 2 is 2.06 bits per heavy atom. The first-order valence-corrected chi connectivity index (χ1v) is 5.77. The maximum Gasteiger partial charge on any atom is 0.322 e. The molecule has 1 atom stereocenters. The lowest BCUT2D eigenvalue weighted by Crippen LogP contribution is -2.43. The SMILES string of the molecule is COc1nc(Cl)nc(NCC(C)(O)CN(C)C)n1. The molecule has 7 nitrogen and oxygen atoms in total. The Balaban J connectivity index is 2.65. The average Bonchev–Trinajstić information content (AvgIpc) is 2.24. The van der Waals surface area contributed by atoms with Crippen LogP contribution in [-0.4, -0.2) is 64.9 Å². The lowest BCUT2D eigenvalue weighted by Gasteiger charge is -2.27. The fourth-order valence-corrected chi connectivity index (χ4v) is 1.66. The van der Waals surface area contributed by atoms with Crippen molar-refractivity contribution in [1.82, 2.24) is 19.9 Å². The van der Waals surface area contributed by atoms with Crippen molar-refractivity contribution in [3.63, 3.8) is 0 Å². The van der Waals surface area contributed by atoms with E-state index in [2.05, 4.69) is 20.3 Å². The number of methoxy groups -OCH3 is 1. The Bertz CT molecular complexity index is 400. The zero-order valence-corrected chi connectivity index (χ0v) is 11.7. The zero-order chi connectivity index (χ0) is 13.8. The molecule has 0 spiro atoms. The van der Waals surface area contributed by atoms with Crippen LogP contribution in [0.2, 0.25) is 5.28 Å². The maximum absolute atomic E-state index is 10.1. The van der Waals surface area contributed by atoms with Crippen LogP contribution in [0.4, 0.5) is 5.95 Å². The molecule has 8 heteroatoms. The monoisotopic (exact) mass is 275 g/mol. The van der Waals surface area contributed by atoms with Crippen LogP contribution in [0, 0.1) is 0 Å². The first kappa shape index (κ1) is 14.9. The van der Waals surface area contributed by atoms with E-state index < -0.39 is 5.60 Å². The molecule has 1 unspecified atom stereocenters. The van der Waals surface area contributed by atoms with Gasteiger partial charge < -0.3 is 20.1 Å². The van der Waals surface area contributed by atoms with Crippen LogP contribution in [0.5, 0.6) is 6.01 Å². The fourth-order valence-electron chi connectivity index (χ4n) is 1.51. The van der Waals surface area contributed by atoms with Crippen molar-refractivity contribution in [1.29, 1.82) is 0 Å². The highest BCUT2D eigenvalue weighted by Gasteiger charge is 2.21. The van der Waals surface area contributed by atoms with Gasteiger partial charge in [0.25, 0.3) is 0 Å². The topological polar surface area (TPSA) is 83.4 Å². The Morgan fingerprint density at radius 3 is 2.61 bits per heavy atom. The van der Waals surface area contributed by atoms with Gasteiger partial charge in [-0.05, 0) is 32.6 Å². The lowest BCUT2D eigenvalue weighted by molar-refractivity contribution is 0.0458. The third kappa shape index (κ3) is 4.99. The summed E-state index contributed by atoms with van der Waals surface area (Å²) in [6.45, 7) is 2.52. The molecule has 0 saturated carbocycles. The van der Waals surface area contributed by atoms with Crippen molar-refractivity contribution in [2.45, 2.75) is 12.5 Å². The third-order valence-corrected chi connectivity index (χ3v) is 2.22. The highest BCUT2D eigenvalue weighted by molar-refractivity contribution is 6.28. The van der Waals surface area contributed by atoms with Gasteiger partial charge in [0.2, 0.25) is 11.2 Å². The molecule has 0 aliphatic rings. The average molecular weight is 276 g/mol. The van der Waals surface area contributed by atoms with Gasteiger partial charge in [-0.2, -0.15) is 15.0 Å². The summed E-state index contributed by atoms with van der Waals surface area (Å²) in [4.78, 5) is 13.5. The molecule has 1 rings (SSSR count). The van der Waals surface area contributed by atoms with E-state index in [0.29, 0.717) is 6.54 Å². The Morgan fingerprint density at radius 1 is 1.39 bits per heavy atom. The molecule has 18 heavy (non-hydrogen) atoms. The van der Waals surface area contributed by atoms with Gasteiger partial charge in [0.1, 0.15) is 0 Å². The number of aromatic nitrogens is 3. The highest BCUT2D eigenvalue weighted by Crippen LogP contribution is 2.12. The van der Waals surface area contributed by atoms with Crippen molar-refractivity contribution < 1.29 is 9.84 Å². The van der Waals surface area contributed by atoms with Crippen LogP contribution >= 0.6 is 11.6 Å². The number of halogens is 1. The molecule has 1 aromatic heterocycles. The fraction of sp³-hybridized carbons (Fsp3) is 0.700. The molecule has 102 valence electrons. The number of hydrogen-bond donors (Lipinski definition) is 2. The summed E-state index contributed by atoms with van der Waals surface area (Å²) >= 11 is 5.71. The van der Waals surface area contributed by atoms with Gasteiger partial charge in [0.05, 0.1) is 12.7 Å². The van der Waals surface area contributed by atoms with E-state index in [9.17, 15) is 5.11 Å². The van der Waals surface area contributed by atoms with Crippen LogP contribution in [0.3, 0.4) is 0 Å². The Hall–Kier alpha value is -1.18. The molecule has 0 aliphatic heterocycles. The molecule has 0 bridgehead atoms. The first-order chi connectivity index (χ1) is 8.32. The minimum Gasteiger partial charge on any atom is -0.467 e. The molecule has 0 amide bonds. The van der Waals surface area contributed by atoms with Gasteiger partial charge in [-0.3, -0.25) is 0 Å². The number of likely N-dealkylation sites (N-methyl/N-ethyl adjacent to an activating group) is 1. The summed E-state index contributed by atoms with van der Waals surface area (Å²) in [6, 6.07) is 0.129.